The second kappa shape index (κ2) is 6.66. The topological polar surface area (TPSA) is 39.1 Å². The van der Waals surface area contributed by atoms with Crippen molar-refractivity contribution < 1.29 is 4.74 Å². The maximum Gasteiger partial charge on any atom is 0.0725 e. The Morgan fingerprint density at radius 1 is 1.50 bits per heavy atom. The smallest absolute Gasteiger partial charge is 0.0725 e. The summed E-state index contributed by atoms with van der Waals surface area (Å²) in [5.41, 5.74) is 1.11. The van der Waals surface area contributed by atoms with Crippen LogP contribution in [0.5, 0.6) is 0 Å². The minimum atomic E-state index is 0.252. The van der Waals surface area contributed by atoms with E-state index in [9.17, 15) is 0 Å². The summed E-state index contributed by atoms with van der Waals surface area (Å²) in [6.45, 7) is 5.22. The summed E-state index contributed by atoms with van der Waals surface area (Å²) in [6, 6.07) is 2.40. The van der Waals surface area contributed by atoms with Gasteiger partial charge in [-0.3, -0.25) is 4.68 Å². The van der Waals surface area contributed by atoms with Crippen LogP contribution in [0.1, 0.15) is 26.0 Å². The summed E-state index contributed by atoms with van der Waals surface area (Å²) in [7, 11) is 3.72. The summed E-state index contributed by atoms with van der Waals surface area (Å²) < 4.78 is 7.34. The Morgan fingerprint density at radius 2 is 2.25 bits per heavy atom. The summed E-state index contributed by atoms with van der Waals surface area (Å²) in [5.74, 6) is 0. The molecule has 0 fully saturated rings. The number of aryl methyl sites for hydroxylation is 1. The van der Waals surface area contributed by atoms with Crippen molar-refractivity contribution in [2.75, 3.05) is 13.7 Å². The molecular formula is C12H23N3O. The molecule has 0 radical (unpaired) electrons. The first-order valence-electron chi connectivity index (χ1n) is 5.95. The van der Waals surface area contributed by atoms with Gasteiger partial charge in [0.2, 0.25) is 0 Å². The molecule has 2 atom stereocenters. The Balaban J connectivity index is 2.63. The number of nitrogens with one attached hydrogen (secondary N) is 1. The number of aromatic nitrogens is 2. The highest BCUT2D eigenvalue weighted by atomic mass is 16.5. The van der Waals surface area contributed by atoms with E-state index in [1.807, 2.05) is 17.9 Å². The molecule has 16 heavy (non-hydrogen) atoms. The Morgan fingerprint density at radius 3 is 2.69 bits per heavy atom. The molecule has 0 amide bonds. The van der Waals surface area contributed by atoms with E-state index in [0.717, 1.165) is 25.1 Å². The molecule has 2 unspecified atom stereocenters. The minimum Gasteiger partial charge on any atom is -0.380 e. The fourth-order valence-electron chi connectivity index (χ4n) is 2.01. The van der Waals surface area contributed by atoms with Crippen molar-refractivity contribution >= 4 is 0 Å². The molecule has 0 spiro atoms. The molecule has 92 valence electrons. The van der Waals surface area contributed by atoms with Gasteiger partial charge in [0, 0.05) is 32.8 Å². The number of hydrogen-bond donors (Lipinski definition) is 1. The lowest BCUT2D eigenvalue weighted by Crippen LogP contribution is -2.42. The molecule has 0 aliphatic carbocycles. The molecule has 0 aliphatic heterocycles. The van der Waals surface area contributed by atoms with E-state index in [0.29, 0.717) is 6.04 Å². The maximum atomic E-state index is 5.50. The molecule has 0 saturated carbocycles. The summed E-state index contributed by atoms with van der Waals surface area (Å²) in [6.07, 6.45) is 4.16. The van der Waals surface area contributed by atoms with Crippen LogP contribution in [0.3, 0.4) is 0 Å². The van der Waals surface area contributed by atoms with Gasteiger partial charge < -0.3 is 10.1 Å². The summed E-state index contributed by atoms with van der Waals surface area (Å²) in [4.78, 5) is 0. The average Bonchev–Trinajstić information content (AvgIpc) is 2.66. The Labute approximate surface area is 98.0 Å². The molecule has 0 saturated heterocycles. The molecule has 1 rings (SSSR count). The van der Waals surface area contributed by atoms with Gasteiger partial charge in [0.25, 0.3) is 0 Å². The zero-order valence-corrected chi connectivity index (χ0v) is 10.7. The number of ether oxygens (including phenoxy) is 1. The van der Waals surface area contributed by atoms with Gasteiger partial charge in [-0.15, -0.1) is 0 Å². The second-order valence-corrected chi connectivity index (χ2v) is 4.03. The monoisotopic (exact) mass is 225 g/mol. The van der Waals surface area contributed by atoms with Gasteiger partial charge in [0.1, 0.15) is 0 Å². The van der Waals surface area contributed by atoms with Gasteiger partial charge in [0.05, 0.1) is 11.8 Å². The van der Waals surface area contributed by atoms with Crippen LogP contribution in [0.2, 0.25) is 0 Å². The quantitative estimate of drug-likeness (QED) is 0.761. The lowest BCUT2D eigenvalue weighted by Gasteiger charge is -2.25. The van der Waals surface area contributed by atoms with Crippen LogP contribution >= 0.6 is 0 Å². The van der Waals surface area contributed by atoms with Crippen molar-refractivity contribution in [1.29, 1.82) is 0 Å². The van der Waals surface area contributed by atoms with Crippen molar-refractivity contribution in [1.82, 2.24) is 15.1 Å². The van der Waals surface area contributed by atoms with Gasteiger partial charge in [-0.05, 0) is 19.0 Å². The lowest BCUT2D eigenvalue weighted by molar-refractivity contribution is 0.0655. The molecule has 4 heteroatoms. The maximum absolute atomic E-state index is 5.50. The predicted octanol–water partition coefficient (Wildman–Crippen LogP) is 1.37. The van der Waals surface area contributed by atoms with Gasteiger partial charge in [-0.25, -0.2) is 0 Å². The standard InChI is InChI=1S/C12H23N3O/c1-5-12(16-4)11(13-6-2)9-10-7-8-15(3)14-10/h7-8,11-13H,5-6,9H2,1-4H3. The SMILES string of the molecule is CCNC(Cc1ccn(C)n1)C(CC)OC. The van der Waals surface area contributed by atoms with E-state index < -0.39 is 0 Å². The van der Waals surface area contributed by atoms with Crippen LogP contribution < -0.4 is 5.32 Å². The molecule has 0 aliphatic rings. The predicted molar refractivity (Wildman–Crippen MR) is 65.5 cm³/mol. The van der Waals surface area contributed by atoms with Crippen LogP contribution in [0.4, 0.5) is 0 Å². The van der Waals surface area contributed by atoms with Gasteiger partial charge in [-0.2, -0.15) is 5.10 Å². The highest BCUT2D eigenvalue weighted by Crippen LogP contribution is 2.09. The number of nitrogens with zero attached hydrogens (tertiary/aromatic N) is 2. The van der Waals surface area contributed by atoms with Crippen molar-refractivity contribution in [2.24, 2.45) is 7.05 Å². The molecule has 1 N–H and O–H groups in total. The number of likely N-dealkylation sites (N-methyl/N-ethyl adjacent to an activating group) is 1. The van der Waals surface area contributed by atoms with Crippen LogP contribution in [0.25, 0.3) is 0 Å². The average molecular weight is 225 g/mol. The third kappa shape index (κ3) is 3.61. The molecule has 0 bridgehead atoms. The minimum absolute atomic E-state index is 0.252. The molecule has 0 aromatic carbocycles. The van der Waals surface area contributed by atoms with E-state index in [-0.39, 0.29) is 6.10 Å². The molecule has 1 aromatic heterocycles. The van der Waals surface area contributed by atoms with Gasteiger partial charge in [0.15, 0.2) is 0 Å². The fraction of sp³-hybridized carbons (Fsp3) is 0.750. The first-order valence-corrected chi connectivity index (χ1v) is 5.95. The Kier molecular flexibility index (Phi) is 5.49. The zero-order chi connectivity index (χ0) is 12.0. The van der Waals surface area contributed by atoms with Crippen molar-refractivity contribution in [2.45, 2.75) is 38.8 Å². The van der Waals surface area contributed by atoms with Crippen LogP contribution in [0, 0.1) is 0 Å². The van der Waals surface area contributed by atoms with Gasteiger partial charge >= 0.3 is 0 Å². The highest BCUT2D eigenvalue weighted by Gasteiger charge is 2.19. The molecule has 1 aromatic rings. The van der Waals surface area contributed by atoms with Crippen molar-refractivity contribution in [3.8, 4) is 0 Å². The lowest BCUT2D eigenvalue weighted by atomic mass is 10.0. The Bertz CT molecular complexity index is 294. The largest absolute Gasteiger partial charge is 0.380 e. The van der Waals surface area contributed by atoms with Crippen LogP contribution in [-0.4, -0.2) is 35.6 Å². The van der Waals surface area contributed by atoms with E-state index >= 15 is 0 Å². The number of hydrogen-bond acceptors (Lipinski definition) is 3. The van der Waals surface area contributed by atoms with Crippen LogP contribution in [0.15, 0.2) is 12.3 Å². The van der Waals surface area contributed by atoms with E-state index in [4.69, 9.17) is 4.74 Å². The van der Waals surface area contributed by atoms with E-state index in [2.05, 4.69) is 30.3 Å². The van der Waals surface area contributed by atoms with Crippen molar-refractivity contribution in [3.63, 3.8) is 0 Å². The van der Waals surface area contributed by atoms with Crippen LogP contribution in [-0.2, 0) is 18.2 Å². The first kappa shape index (κ1) is 13.2. The molecule has 1 heterocycles. The second-order valence-electron chi connectivity index (χ2n) is 4.03. The summed E-state index contributed by atoms with van der Waals surface area (Å²) >= 11 is 0. The normalized spacial score (nSPS) is 15.0. The summed E-state index contributed by atoms with van der Waals surface area (Å²) in [5, 5.41) is 7.87. The third-order valence-corrected chi connectivity index (χ3v) is 2.82. The Hall–Kier alpha value is -0.870. The van der Waals surface area contributed by atoms with E-state index in [1.54, 1.807) is 7.11 Å². The third-order valence-electron chi connectivity index (χ3n) is 2.82. The van der Waals surface area contributed by atoms with E-state index in [1.165, 1.54) is 0 Å². The highest BCUT2D eigenvalue weighted by molar-refractivity contribution is 5.02. The van der Waals surface area contributed by atoms with Gasteiger partial charge in [-0.1, -0.05) is 13.8 Å². The first-order chi connectivity index (χ1) is 7.71. The van der Waals surface area contributed by atoms with Crippen molar-refractivity contribution in [3.05, 3.63) is 18.0 Å². The molecular weight excluding hydrogens is 202 g/mol. The number of methoxy groups -OCH3 is 1. The molecule has 4 nitrogen and oxygen atoms in total. The number of rotatable bonds is 7. The fourth-order valence-corrected chi connectivity index (χ4v) is 2.01. The zero-order valence-electron chi connectivity index (χ0n) is 10.7.